The second kappa shape index (κ2) is 3.83. The first-order valence-corrected chi connectivity index (χ1v) is 5.84. The monoisotopic (exact) mass is 232 g/mol. The molecule has 1 fully saturated rings. The van der Waals surface area contributed by atoms with Gasteiger partial charge in [-0.1, -0.05) is 0 Å². The van der Waals surface area contributed by atoms with E-state index in [1.807, 2.05) is 12.1 Å². The molecule has 0 amide bonds. The molecule has 1 aliphatic carbocycles. The molecule has 2 aromatic heterocycles. The van der Waals surface area contributed by atoms with Gasteiger partial charge in [0, 0.05) is 24.0 Å². The Morgan fingerprint density at radius 1 is 1.31 bits per heavy atom. The van der Waals surface area contributed by atoms with Crippen LogP contribution in [0.1, 0.15) is 25.3 Å². The van der Waals surface area contributed by atoms with Crippen molar-refractivity contribution in [3.63, 3.8) is 0 Å². The van der Waals surface area contributed by atoms with E-state index in [-0.39, 0.29) is 0 Å². The Morgan fingerprint density at radius 2 is 2.06 bits per heavy atom. The second-order valence-electron chi connectivity index (χ2n) is 4.04. The van der Waals surface area contributed by atoms with Crippen LogP contribution in [0.25, 0.3) is 11.4 Å². The number of hydrogen-bond donors (Lipinski definition) is 1. The van der Waals surface area contributed by atoms with Gasteiger partial charge in [0.25, 0.3) is 0 Å². The van der Waals surface area contributed by atoms with Crippen LogP contribution >= 0.6 is 12.2 Å². The van der Waals surface area contributed by atoms with Crippen molar-refractivity contribution in [3.05, 3.63) is 29.3 Å². The summed E-state index contributed by atoms with van der Waals surface area (Å²) in [6.45, 7) is 0. The van der Waals surface area contributed by atoms with E-state index < -0.39 is 0 Å². The second-order valence-corrected chi connectivity index (χ2v) is 4.43. The third kappa shape index (κ3) is 1.48. The van der Waals surface area contributed by atoms with Gasteiger partial charge in [0.05, 0.1) is 0 Å². The SMILES string of the molecule is S=c1[nH]nc(-c2ccncc2)n1C1CCC1. The van der Waals surface area contributed by atoms with Crippen molar-refractivity contribution >= 4 is 12.2 Å². The molecule has 0 aliphatic heterocycles. The molecule has 3 rings (SSSR count). The summed E-state index contributed by atoms with van der Waals surface area (Å²) < 4.78 is 2.85. The van der Waals surface area contributed by atoms with Crippen LogP contribution in [0.15, 0.2) is 24.5 Å². The Labute approximate surface area is 98.3 Å². The number of pyridine rings is 1. The van der Waals surface area contributed by atoms with Crippen LogP contribution in [-0.2, 0) is 0 Å². The standard InChI is InChI=1S/C11H12N4S/c16-11-14-13-10(8-4-6-12-7-5-8)15(11)9-2-1-3-9/h4-7,9H,1-3H2,(H,14,16). The number of aromatic amines is 1. The molecule has 4 nitrogen and oxygen atoms in total. The maximum Gasteiger partial charge on any atom is 0.195 e. The molecule has 2 heterocycles. The van der Waals surface area contributed by atoms with Crippen molar-refractivity contribution in [2.75, 3.05) is 0 Å². The summed E-state index contributed by atoms with van der Waals surface area (Å²) >= 11 is 5.28. The first-order chi connectivity index (χ1) is 7.86. The van der Waals surface area contributed by atoms with Crippen molar-refractivity contribution in [2.24, 2.45) is 0 Å². The van der Waals surface area contributed by atoms with Gasteiger partial charge in [0.1, 0.15) is 0 Å². The molecule has 82 valence electrons. The van der Waals surface area contributed by atoms with E-state index in [1.54, 1.807) is 12.4 Å². The number of aromatic nitrogens is 4. The maximum absolute atomic E-state index is 5.28. The van der Waals surface area contributed by atoms with Crippen LogP contribution in [0.2, 0.25) is 0 Å². The Morgan fingerprint density at radius 3 is 2.69 bits per heavy atom. The molecule has 0 saturated heterocycles. The molecule has 1 saturated carbocycles. The molecule has 0 bridgehead atoms. The largest absolute Gasteiger partial charge is 0.297 e. The molecule has 0 aromatic carbocycles. The predicted molar refractivity (Wildman–Crippen MR) is 63.5 cm³/mol. The smallest absolute Gasteiger partial charge is 0.195 e. The van der Waals surface area contributed by atoms with Gasteiger partial charge >= 0.3 is 0 Å². The van der Waals surface area contributed by atoms with Gasteiger partial charge in [-0.05, 0) is 43.6 Å². The summed E-state index contributed by atoms with van der Waals surface area (Å²) in [6, 6.07) is 4.44. The zero-order valence-electron chi connectivity index (χ0n) is 8.76. The molecule has 2 aromatic rings. The lowest BCUT2D eigenvalue weighted by molar-refractivity contribution is 0.313. The third-order valence-electron chi connectivity index (χ3n) is 3.08. The van der Waals surface area contributed by atoms with Gasteiger partial charge in [0.15, 0.2) is 10.6 Å². The molecule has 1 N–H and O–H groups in total. The van der Waals surface area contributed by atoms with Crippen LogP contribution in [0.5, 0.6) is 0 Å². The van der Waals surface area contributed by atoms with Gasteiger partial charge in [0.2, 0.25) is 0 Å². The molecular weight excluding hydrogens is 220 g/mol. The van der Waals surface area contributed by atoms with E-state index in [4.69, 9.17) is 12.2 Å². The molecule has 5 heteroatoms. The van der Waals surface area contributed by atoms with E-state index in [0.29, 0.717) is 6.04 Å². The minimum absolute atomic E-state index is 0.523. The van der Waals surface area contributed by atoms with Crippen molar-refractivity contribution < 1.29 is 0 Å². The molecule has 1 aliphatic rings. The summed E-state index contributed by atoms with van der Waals surface area (Å²) in [4.78, 5) is 4.01. The predicted octanol–water partition coefficient (Wildman–Crippen LogP) is 2.73. The maximum atomic E-state index is 5.28. The van der Waals surface area contributed by atoms with E-state index >= 15 is 0 Å². The molecular formula is C11H12N4S. The number of H-pyrrole nitrogens is 1. The van der Waals surface area contributed by atoms with Crippen LogP contribution in [0, 0.1) is 4.77 Å². The number of hydrogen-bond acceptors (Lipinski definition) is 3. The summed E-state index contributed by atoms with van der Waals surface area (Å²) in [7, 11) is 0. The van der Waals surface area contributed by atoms with Crippen LogP contribution in [0.3, 0.4) is 0 Å². The Kier molecular flexibility index (Phi) is 2.32. The topological polar surface area (TPSA) is 46.5 Å². The molecule has 16 heavy (non-hydrogen) atoms. The van der Waals surface area contributed by atoms with Crippen LogP contribution < -0.4 is 0 Å². The highest BCUT2D eigenvalue weighted by molar-refractivity contribution is 7.71. The fourth-order valence-corrected chi connectivity index (χ4v) is 2.27. The van der Waals surface area contributed by atoms with Gasteiger partial charge < -0.3 is 0 Å². The minimum Gasteiger partial charge on any atom is -0.297 e. The average molecular weight is 232 g/mol. The molecule has 0 spiro atoms. The normalized spacial score (nSPS) is 16.0. The summed E-state index contributed by atoms with van der Waals surface area (Å²) in [5.41, 5.74) is 1.06. The zero-order valence-corrected chi connectivity index (χ0v) is 9.57. The first-order valence-electron chi connectivity index (χ1n) is 5.43. The number of nitrogens with one attached hydrogen (secondary N) is 1. The molecule has 0 radical (unpaired) electrons. The fraction of sp³-hybridized carbons (Fsp3) is 0.364. The van der Waals surface area contributed by atoms with Crippen molar-refractivity contribution in [3.8, 4) is 11.4 Å². The van der Waals surface area contributed by atoms with Crippen LogP contribution in [0.4, 0.5) is 0 Å². The van der Waals surface area contributed by atoms with Crippen LogP contribution in [-0.4, -0.2) is 19.7 Å². The number of rotatable bonds is 2. The third-order valence-corrected chi connectivity index (χ3v) is 3.37. The number of nitrogens with zero attached hydrogens (tertiary/aromatic N) is 3. The van der Waals surface area contributed by atoms with Crippen molar-refractivity contribution in [1.29, 1.82) is 0 Å². The van der Waals surface area contributed by atoms with E-state index in [2.05, 4.69) is 19.7 Å². The highest BCUT2D eigenvalue weighted by Gasteiger charge is 2.23. The molecule has 0 atom stereocenters. The minimum atomic E-state index is 0.523. The average Bonchev–Trinajstić information content (AvgIpc) is 2.60. The van der Waals surface area contributed by atoms with E-state index in [1.165, 1.54) is 19.3 Å². The van der Waals surface area contributed by atoms with Gasteiger partial charge in [-0.3, -0.25) is 14.6 Å². The van der Waals surface area contributed by atoms with Gasteiger partial charge in [-0.25, -0.2) is 0 Å². The molecule has 0 unspecified atom stereocenters. The first kappa shape index (κ1) is 9.72. The van der Waals surface area contributed by atoms with Gasteiger partial charge in [-0.15, -0.1) is 0 Å². The van der Waals surface area contributed by atoms with E-state index in [9.17, 15) is 0 Å². The van der Waals surface area contributed by atoms with Crippen molar-refractivity contribution in [1.82, 2.24) is 19.7 Å². The lowest BCUT2D eigenvalue weighted by Gasteiger charge is -2.27. The van der Waals surface area contributed by atoms with E-state index in [0.717, 1.165) is 16.2 Å². The summed E-state index contributed by atoms with van der Waals surface area (Å²) in [5.74, 6) is 0.928. The van der Waals surface area contributed by atoms with Crippen molar-refractivity contribution in [2.45, 2.75) is 25.3 Å². The lowest BCUT2D eigenvalue weighted by Crippen LogP contribution is -2.18. The fourth-order valence-electron chi connectivity index (χ4n) is 1.99. The highest BCUT2D eigenvalue weighted by Crippen LogP contribution is 2.34. The Hall–Kier alpha value is -1.49. The highest BCUT2D eigenvalue weighted by atomic mass is 32.1. The zero-order chi connectivity index (χ0) is 11.0. The Bertz CT molecular complexity index is 539. The summed E-state index contributed by atoms with van der Waals surface area (Å²) in [5, 5.41) is 7.19. The quantitative estimate of drug-likeness (QED) is 0.810. The lowest BCUT2D eigenvalue weighted by atomic mass is 9.93. The van der Waals surface area contributed by atoms with Gasteiger partial charge in [-0.2, -0.15) is 5.10 Å². The Balaban J connectivity index is 2.11. The summed E-state index contributed by atoms with van der Waals surface area (Å²) in [6.07, 6.45) is 7.24.